The Morgan fingerprint density at radius 3 is 2.70 bits per heavy atom. The maximum absolute atomic E-state index is 13.1. The molecule has 1 amide bonds. The molecule has 0 atom stereocenters. The number of halogens is 1. The number of hydrogen-bond acceptors (Lipinski definition) is 5. The van der Waals surface area contributed by atoms with Crippen molar-refractivity contribution in [1.29, 1.82) is 0 Å². The molecule has 1 N–H and O–H groups in total. The molecule has 2 fully saturated rings. The lowest BCUT2D eigenvalue weighted by molar-refractivity contribution is 0.0722. The van der Waals surface area contributed by atoms with E-state index in [4.69, 9.17) is 4.74 Å². The Labute approximate surface area is 165 Å². The van der Waals surface area contributed by atoms with Crippen LogP contribution in [0.1, 0.15) is 47.8 Å². The number of aromatic nitrogens is 3. The van der Waals surface area contributed by atoms with Crippen molar-refractivity contribution in [1.82, 2.24) is 25.2 Å². The first-order chi connectivity index (χ1) is 12.8. The molecule has 1 aliphatic carbocycles. The van der Waals surface area contributed by atoms with Crippen molar-refractivity contribution < 1.29 is 9.53 Å². The van der Waals surface area contributed by atoms with Gasteiger partial charge < -0.3 is 15.0 Å². The maximum atomic E-state index is 13.1. The number of carbonyl (C=O) groups excluding carboxylic acids is 1. The fourth-order valence-electron chi connectivity index (χ4n) is 3.54. The quantitative estimate of drug-likeness (QED) is 0.818. The third kappa shape index (κ3) is 4.42. The summed E-state index contributed by atoms with van der Waals surface area (Å²) in [6, 6.07) is 8.47. The molecule has 4 rings (SSSR count). The normalized spacial score (nSPS) is 17.2. The summed E-state index contributed by atoms with van der Waals surface area (Å²) in [5.41, 5.74) is 1.45. The summed E-state index contributed by atoms with van der Waals surface area (Å²) < 4.78 is 7.30. The third-order valence-electron chi connectivity index (χ3n) is 5.19. The molecule has 0 radical (unpaired) electrons. The van der Waals surface area contributed by atoms with E-state index in [2.05, 4.69) is 15.6 Å². The predicted octanol–water partition coefficient (Wildman–Crippen LogP) is 2.44. The highest BCUT2D eigenvalue weighted by Crippen LogP contribution is 2.31. The van der Waals surface area contributed by atoms with Crippen molar-refractivity contribution in [2.24, 2.45) is 0 Å². The number of piperidine rings is 1. The Morgan fingerprint density at radius 2 is 2.00 bits per heavy atom. The number of carbonyl (C=O) groups is 1. The van der Waals surface area contributed by atoms with Crippen LogP contribution >= 0.6 is 12.4 Å². The van der Waals surface area contributed by atoms with Gasteiger partial charge in [0.25, 0.3) is 5.91 Å². The number of para-hydroxylation sites is 1. The van der Waals surface area contributed by atoms with Crippen LogP contribution in [0.4, 0.5) is 0 Å². The van der Waals surface area contributed by atoms with Gasteiger partial charge in [0.2, 0.25) is 0 Å². The fraction of sp³-hybridized carbons (Fsp3) is 0.526. The summed E-state index contributed by atoms with van der Waals surface area (Å²) in [5.74, 6) is 0.767. The Bertz CT molecular complexity index is 771. The monoisotopic (exact) mass is 391 g/mol. The number of benzene rings is 1. The number of amides is 1. The summed E-state index contributed by atoms with van der Waals surface area (Å²) in [6.45, 7) is 2.50. The Balaban J connectivity index is 0.00000210. The smallest absolute Gasteiger partial charge is 0.276 e. The van der Waals surface area contributed by atoms with Crippen LogP contribution in [0.3, 0.4) is 0 Å². The van der Waals surface area contributed by atoms with Crippen molar-refractivity contribution >= 4 is 18.3 Å². The second-order valence-corrected chi connectivity index (χ2v) is 7.04. The van der Waals surface area contributed by atoms with Crippen molar-refractivity contribution in [2.45, 2.75) is 44.3 Å². The molecule has 2 aromatic rings. The van der Waals surface area contributed by atoms with E-state index in [0.29, 0.717) is 18.3 Å². The van der Waals surface area contributed by atoms with E-state index in [9.17, 15) is 4.79 Å². The average molecular weight is 392 g/mol. The molecule has 1 saturated carbocycles. The van der Waals surface area contributed by atoms with E-state index in [1.54, 1.807) is 7.11 Å². The Hall–Kier alpha value is -2.12. The molecule has 0 unspecified atom stereocenters. The molecule has 1 aromatic heterocycles. The molecule has 0 bridgehead atoms. The summed E-state index contributed by atoms with van der Waals surface area (Å²) in [6.07, 6.45) is 5.94. The zero-order valence-corrected chi connectivity index (χ0v) is 16.3. The van der Waals surface area contributed by atoms with E-state index in [0.717, 1.165) is 50.1 Å². The second-order valence-electron chi connectivity index (χ2n) is 7.04. The van der Waals surface area contributed by atoms with Crippen LogP contribution in [0, 0.1) is 0 Å². The first-order valence-corrected chi connectivity index (χ1v) is 9.31. The molecule has 7 nitrogen and oxygen atoms in total. The van der Waals surface area contributed by atoms with Gasteiger partial charge in [-0.3, -0.25) is 4.79 Å². The van der Waals surface area contributed by atoms with Crippen LogP contribution in [0.2, 0.25) is 0 Å². The van der Waals surface area contributed by atoms with Gasteiger partial charge in [-0.15, -0.1) is 17.5 Å². The standard InChI is InChI=1S/C19H25N5O2.ClH/c1-26-18-5-3-2-4-14(18)12-23(15-6-7-15)19(25)17-13-24(22-21-17)16-8-10-20-11-9-16;/h2-5,13,15-16,20H,6-12H2,1H3;1H. The number of hydrogen-bond donors (Lipinski definition) is 1. The van der Waals surface area contributed by atoms with Crippen LogP contribution < -0.4 is 10.1 Å². The molecule has 1 aromatic carbocycles. The zero-order valence-electron chi connectivity index (χ0n) is 15.5. The minimum Gasteiger partial charge on any atom is -0.496 e. The lowest BCUT2D eigenvalue weighted by atomic mass is 10.1. The number of nitrogens with zero attached hydrogens (tertiary/aromatic N) is 4. The molecule has 1 saturated heterocycles. The lowest BCUT2D eigenvalue weighted by Gasteiger charge is -2.23. The molecular weight excluding hydrogens is 366 g/mol. The highest BCUT2D eigenvalue weighted by atomic mass is 35.5. The van der Waals surface area contributed by atoms with Gasteiger partial charge in [-0.25, -0.2) is 4.68 Å². The average Bonchev–Trinajstić information content (AvgIpc) is 3.42. The Kier molecular flexibility index (Phi) is 6.34. The third-order valence-corrected chi connectivity index (χ3v) is 5.19. The zero-order chi connectivity index (χ0) is 17.9. The highest BCUT2D eigenvalue weighted by molar-refractivity contribution is 5.92. The minimum absolute atomic E-state index is 0. The largest absolute Gasteiger partial charge is 0.496 e. The lowest BCUT2D eigenvalue weighted by Crippen LogP contribution is -2.33. The van der Waals surface area contributed by atoms with Gasteiger partial charge in [-0.1, -0.05) is 23.4 Å². The molecule has 2 aliphatic rings. The number of methoxy groups -OCH3 is 1. The van der Waals surface area contributed by atoms with E-state index in [1.165, 1.54) is 0 Å². The van der Waals surface area contributed by atoms with E-state index in [-0.39, 0.29) is 24.4 Å². The van der Waals surface area contributed by atoms with Crippen LogP contribution in [0.5, 0.6) is 5.75 Å². The van der Waals surface area contributed by atoms with Crippen molar-refractivity contribution in [3.63, 3.8) is 0 Å². The van der Waals surface area contributed by atoms with Gasteiger partial charge in [-0.2, -0.15) is 0 Å². The fourth-order valence-corrected chi connectivity index (χ4v) is 3.54. The first kappa shape index (κ1) is 19.6. The summed E-state index contributed by atoms with van der Waals surface area (Å²) in [7, 11) is 1.66. The minimum atomic E-state index is -0.0430. The molecular formula is C19H26ClN5O2. The van der Waals surface area contributed by atoms with E-state index < -0.39 is 0 Å². The first-order valence-electron chi connectivity index (χ1n) is 9.31. The maximum Gasteiger partial charge on any atom is 0.276 e. The van der Waals surface area contributed by atoms with Crippen molar-refractivity contribution in [3.05, 3.63) is 41.7 Å². The molecule has 146 valence electrons. The van der Waals surface area contributed by atoms with Gasteiger partial charge in [0, 0.05) is 18.2 Å². The van der Waals surface area contributed by atoms with Crippen LogP contribution in [-0.4, -0.2) is 52.0 Å². The number of ether oxygens (including phenoxy) is 1. The summed E-state index contributed by atoms with van der Waals surface area (Å²) >= 11 is 0. The number of nitrogens with one attached hydrogen (secondary N) is 1. The SMILES string of the molecule is COc1ccccc1CN(C(=O)c1cn(C2CCNCC2)nn1)C1CC1.Cl. The van der Waals surface area contributed by atoms with Gasteiger partial charge in [0.15, 0.2) is 5.69 Å². The van der Waals surface area contributed by atoms with E-state index in [1.807, 2.05) is 40.0 Å². The predicted molar refractivity (Wildman–Crippen MR) is 104 cm³/mol. The highest BCUT2D eigenvalue weighted by Gasteiger charge is 2.35. The van der Waals surface area contributed by atoms with Crippen LogP contribution in [0.25, 0.3) is 0 Å². The van der Waals surface area contributed by atoms with Gasteiger partial charge in [-0.05, 0) is 44.8 Å². The van der Waals surface area contributed by atoms with Crippen molar-refractivity contribution in [2.75, 3.05) is 20.2 Å². The summed E-state index contributed by atoms with van der Waals surface area (Å²) in [5, 5.41) is 11.8. The molecule has 2 heterocycles. The van der Waals surface area contributed by atoms with Gasteiger partial charge in [0.05, 0.1) is 19.3 Å². The van der Waals surface area contributed by atoms with Gasteiger partial charge >= 0.3 is 0 Å². The Morgan fingerprint density at radius 1 is 1.26 bits per heavy atom. The van der Waals surface area contributed by atoms with Gasteiger partial charge in [0.1, 0.15) is 5.75 Å². The number of rotatable bonds is 6. The molecule has 8 heteroatoms. The molecule has 1 aliphatic heterocycles. The van der Waals surface area contributed by atoms with Crippen molar-refractivity contribution in [3.8, 4) is 5.75 Å². The van der Waals surface area contributed by atoms with Crippen LogP contribution in [0.15, 0.2) is 30.5 Å². The second kappa shape index (κ2) is 8.71. The topological polar surface area (TPSA) is 72.3 Å². The molecule has 0 spiro atoms. The molecule has 27 heavy (non-hydrogen) atoms. The summed E-state index contributed by atoms with van der Waals surface area (Å²) in [4.78, 5) is 15.0. The van der Waals surface area contributed by atoms with Crippen LogP contribution in [-0.2, 0) is 6.54 Å². The van der Waals surface area contributed by atoms with E-state index >= 15 is 0 Å².